The molecular weight excluding hydrogens is 705 g/mol. The number of benzene rings is 4. The van der Waals surface area contributed by atoms with Gasteiger partial charge in [-0.2, -0.15) is 10.5 Å². The summed E-state index contributed by atoms with van der Waals surface area (Å²) in [6.45, 7) is 1.97. The lowest BCUT2D eigenvalue weighted by molar-refractivity contribution is 0.673. The zero-order valence-electron chi connectivity index (χ0n) is 29.6. The van der Waals surface area contributed by atoms with Crippen molar-refractivity contribution >= 4 is 45.8 Å². The Morgan fingerprint density at radius 2 is 1.13 bits per heavy atom. The second-order valence-electron chi connectivity index (χ2n) is 14.2. The molecule has 0 aliphatic carbocycles. The molecule has 6 aromatic rings. The first-order valence-corrected chi connectivity index (χ1v) is 19.2. The number of anilines is 2. The fourth-order valence-electron chi connectivity index (χ4n) is 8.79. The van der Waals surface area contributed by atoms with Gasteiger partial charge in [0.1, 0.15) is 0 Å². The minimum absolute atomic E-state index is 0.00489. The van der Waals surface area contributed by atoms with Crippen molar-refractivity contribution in [2.24, 2.45) is 0 Å². The molecule has 0 spiro atoms. The van der Waals surface area contributed by atoms with Crippen LogP contribution in [0.2, 0.25) is 0 Å². The summed E-state index contributed by atoms with van der Waals surface area (Å²) >= 11 is 11.1. The van der Waals surface area contributed by atoms with E-state index in [0.717, 1.165) is 72.7 Å². The molecule has 2 aromatic heterocycles. The SMILES string of the molecule is N#Cc1cccc(C(c2cc3c4c(c2)CCN4C(=S)CC3)n2ccnc2)c1.N#Cc1ccccc1C(c1cc2c3c(c1)CCN3C(=S)CC2)n1ccnc1. The molecule has 0 fully saturated rings. The van der Waals surface area contributed by atoms with E-state index in [1.54, 1.807) is 12.4 Å². The molecule has 0 saturated heterocycles. The molecule has 10 heteroatoms. The predicted molar refractivity (Wildman–Crippen MR) is 218 cm³/mol. The highest BCUT2D eigenvalue weighted by Crippen LogP contribution is 2.42. The number of imidazole rings is 2. The summed E-state index contributed by atoms with van der Waals surface area (Å²) < 4.78 is 4.20. The smallest absolute Gasteiger partial charge is 0.0995 e. The second kappa shape index (κ2) is 14.1. The van der Waals surface area contributed by atoms with Gasteiger partial charge in [-0.1, -0.05) is 79.0 Å². The number of rotatable bonds is 6. The Morgan fingerprint density at radius 3 is 1.69 bits per heavy atom. The van der Waals surface area contributed by atoms with E-state index in [0.29, 0.717) is 11.1 Å². The lowest BCUT2D eigenvalue weighted by Gasteiger charge is -2.29. The molecule has 10 rings (SSSR count). The lowest BCUT2D eigenvalue weighted by Crippen LogP contribution is -2.31. The third-order valence-corrected chi connectivity index (χ3v) is 12.0. The Bertz CT molecular complexity index is 2510. The molecule has 0 amide bonds. The molecular formula is C44H36N8S2. The van der Waals surface area contributed by atoms with Crippen LogP contribution in [0.25, 0.3) is 0 Å². The average Bonchev–Trinajstić information content (AvgIpc) is 4.05. The third-order valence-electron chi connectivity index (χ3n) is 11.1. The first-order chi connectivity index (χ1) is 26.5. The number of nitriles is 2. The van der Waals surface area contributed by atoms with Crippen LogP contribution in [0.5, 0.6) is 0 Å². The van der Waals surface area contributed by atoms with Gasteiger partial charge in [0.25, 0.3) is 0 Å². The van der Waals surface area contributed by atoms with Crippen LogP contribution in [0.1, 0.15) is 80.6 Å². The number of hydrogen-bond donors (Lipinski definition) is 0. The molecule has 54 heavy (non-hydrogen) atoms. The first-order valence-electron chi connectivity index (χ1n) is 18.4. The first kappa shape index (κ1) is 33.9. The number of aryl methyl sites for hydroxylation is 2. The van der Waals surface area contributed by atoms with Crippen molar-refractivity contribution < 1.29 is 0 Å². The second-order valence-corrected chi connectivity index (χ2v) is 15.2. The zero-order chi connectivity index (χ0) is 36.8. The van der Waals surface area contributed by atoms with Gasteiger partial charge in [-0.05, 0) is 88.4 Å². The Morgan fingerprint density at radius 1 is 0.574 bits per heavy atom. The maximum atomic E-state index is 9.64. The van der Waals surface area contributed by atoms with Gasteiger partial charge in [0.05, 0.1) is 58.0 Å². The van der Waals surface area contributed by atoms with E-state index in [1.165, 1.54) is 44.8 Å². The highest BCUT2D eigenvalue weighted by Gasteiger charge is 2.32. The van der Waals surface area contributed by atoms with Crippen LogP contribution in [0.3, 0.4) is 0 Å². The molecule has 2 atom stereocenters. The lowest BCUT2D eigenvalue weighted by atomic mass is 9.89. The fourth-order valence-corrected chi connectivity index (χ4v) is 9.36. The molecule has 4 aromatic carbocycles. The summed E-state index contributed by atoms with van der Waals surface area (Å²) in [5.74, 6) is 0. The van der Waals surface area contributed by atoms with Crippen molar-refractivity contribution in [3.63, 3.8) is 0 Å². The molecule has 4 aliphatic rings. The number of hydrogen-bond acceptors (Lipinski definition) is 6. The van der Waals surface area contributed by atoms with Crippen LogP contribution in [-0.2, 0) is 25.7 Å². The predicted octanol–water partition coefficient (Wildman–Crippen LogP) is 8.06. The molecule has 0 N–H and O–H groups in total. The quantitative estimate of drug-likeness (QED) is 0.159. The molecule has 0 radical (unpaired) electrons. The van der Waals surface area contributed by atoms with Crippen molar-refractivity contribution in [1.29, 1.82) is 10.5 Å². The van der Waals surface area contributed by atoms with Gasteiger partial charge in [-0.25, -0.2) is 9.97 Å². The van der Waals surface area contributed by atoms with E-state index in [2.05, 4.69) is 71.4 Å². The Labute approximate surface area is 325 Å². The summed E-state index contributed by atoms with van der Waals surface area (Å²) in [7, 11) is 0. The van der Waals surface area contributed by atoms with Gasteiger partial charge < -0.3 is 18.9 Å². The van der Waals surface area contributed by atoms with E-state index in [9.17, 15) is 10.5 Å². The van der Waals surface area contributed by atoms with Crippen LogP contribution in [0.15, 0.2) is 110 Å². The van der Waals surface area contributed by atoms with Crippen LogP contribution in [0.4, 0.5) is 11.4 Å². The van der Waals surface area contributed by atoms with Crippen molar-refractivity contribution in [3.05, 3.63) is 166 Å². The van der Waals surface area contributed by atoms with Crippen LogP contribution in [0, 0.1) is 22.7 Å². The molecule has 0 saturated carbocycles. The molecule has 264 valence electrons. The van der Waals surface area contributed by atoms with E-state index in [4.69, 9.17) is 24.4 Å². The number of aromatic nitrogens is 4. The van der Waals surface area contributed by atoms with E-state index in [1.807, 2.05) is 67.5 Å². The summed E-state index contributed by atoms with van der Waals surface area (Å²) in [6, 6.07) is 29.5. The standard InChI is InChI=1S/2C22H18N4S/c23-13-15-2-1-3-16(10-15)21(25-9-7-24-14-25)19-11-17-4-5-20(27)26-8-6-18(12-19)22(17)26;23-13-17-3-1-2-4-19(17)22(25-10-8-24-14-25)18-11-15-5-6-20(27)26-9-7-16(12-18)21(15)26/h1-3,7,9-12,14,21H,4-6,8H2;1-4,8,10-12,14,22H,5-7,9H2. The van der Waals surface area contributed by atoms with Gasteiger partial charge >= 0.3 is 0 Å². The maximum absolute atomic E-state index is 9.64. The Balaban J connectivity index is 0.000000142. The molecule has 8 nitrogen and oxygen atoms in total. The monoisotopic (exact) mass is 740 g/mol. The van der Waals surface area contributed by atoms with E-state index < -0.39 is 0 Å². The van der Waals surface area contributed by atoms with Gasteiger partial charge in [0.2, 0.25) is 0 Å². The number of nitrogens with zero attached hydrogens (tertiary/aromatic N) is 8. The van der Waals surface area contributed by atoms with Gasteiger partial charge in [-0.3, -0.25) is 0 Å². The average molecular weight is 741 g/mol. The Kier molecular flexibility index (Phi) is 8.86. The third kappa shape index (κ3) is 5.98. The van der Waals surface area contributed by atoms with E-state index in [-0.39, 0.29) is 12.1 Å². The van der Waals surface area contributed by atoms with Gasteiger partial charge in [-0.15, -0.1) is 0 Å². The van der Waals surface area contributed by atoms with Crippen LogP contribution < -0.4 is 9.80 Å². The van der Waals surface area contributed by atoms with Crippen LogP contribution in [-0.4, -0.2) is 42.2 Å². The largest absolute Gasteiger partial charge is 0.335 e. The summed E-state index contributed by atoms with van der Waals surface area (Å²) in [5, 5.41) is 19.0. The minimum Gasteiger partial charge on any atom is -0.335 e. The topological polar surface area (TPSA) is 89.7 Å². The summed E-state index contributed by atoms with van der Waals surface area (Å²) in [6.07, 6.45) is 17.2. The van der Waals surface area contributed by atoms with Crippen LogP contribution >= 0.6 is 24.4 Å². The fraction of sp³-hybridized carbons (Fsp3) is 0.227. The summed E-state index contributed by atoms with van der Waals surface area (Å²) in [5.41, 5.74) is 14.1. The molecule has 4 aliphatic heterocycles. The highest BCUT2D eigenvalue weighted by atomic mass is 32.1. The van der Waals surface area contributed by atoms with Gasteiger partial charge in [0, 0.05) is 62.1 Å². The minimum atomic E-state index is -0.0622. The summed E-state index contributed by atoms with van der Waals surface area (Å²) in [4.78, 5) is 15.3. The molecule has 2 unspecified atom stereocenters. The van der Waals surface area contributed by atoms with Gasteiger partial charge in [0.15, 0.2) is 0 Å². The van der Waals surface area contributed by atoms with E-state index >= 15 is 0 Å². The van der Waals surface area contributed by atoms with Crippen molar-refractivity contribution in [3.8, 4) is 12.1 Å². The highest BCUT2D eigenvalue weighted by molar-refractivity contribution is 7.80. The normalized spacial score (nSPS) is 16.1. The Hall–Kier alpha value is -5.94. The zero-order valence-corrected chi connectivity index (χ0v) is 31.2. The molecule has 0 bridgehead atoms. The number of thiocarbonyl (C=S) groups is 2. The maximum Gasteiger partial charge on any atom is 0.0995 e. The van der Waals surface area contributed by atoms with Crippen molar-refractivity contribution in [2.75, 3.05) is 22.9 Å². The van der Waals surface area contributed by atoms with Crippen molar-refractivity contribution in [2.45, 2.75) is 50.6 Å². The molecule has 6 heterocycles. The van der Waals surface area contributed by atoms with Crippen molar-refractivity contribution in [1.82, 2.24) is 19.1 Å².